The maximum absolute atomic E-state index is 6.17. The van der Waals surface area contributed by atoms with E-state index in [0.717, 1.165) is 13.2 Å². The first-order valence-corrected chi connectivity index (χ1v) is 7.33. The smallest absolute Gasteiger partial charge is 0.0958 e. The van der Waals surface area contributed by atoms with Gasteiger partial charge in [0.05, 0.1) is 12.2 Å². The minimum atomic E-state index is 0.151. The van der Waals surface area contributed by atoms with Crippen LogP contribution < -0.4 is 5.32 Å². The summed E-state index contributed by atoms with van der Waals surface area (Å²) >= 11 is 2.07. The van der Waals surface area contributed by atoms with Gasteiger partial charge in [-0.25, -0.2) is 0 Å². The second-order valence-corrected chi connectivity index (χ2v) is 6.16. The average molecular weight is 229 g/mol. The van der Waals surface area contributed by atoms with Gasteiger partial charge in [0.15, 0.2) is 0 Å². The number of hydrogen-bond acceptors (Lipinski definition) is 3. The van der Waals surface area contributed by atoms with E-state index in [4.69, 9.17) is 4.74 Å². The van der Waals surface area contributed by atoms with Gasteiger partial charge >= 0.3 is 0 Å². The van der Waals surface area contributed by atoms with Crippen LogP contribution in [0.2, 0.25) is 0 Å². The highest BCUT2D eigenvalue weighted by Gasteiger charge is 2.49. The molecule has 2 aliphatic rings. The van der Waals surface area contributed by atoms with Gasteiger partial charge in [-0.15, -0.1) is 0 Å². The molecule has 3 unspecified atom stereocenters. The number of thioether (sulfide) groups is 1. The van der Waals surface area contributed by atoms with E-state index in [-0.39, 0.29) is 5.60 Å². The van der Waals surface area contributed by atoms with Crippen molar-refractivity contribution >= 4 is 11.8 Å². The van der Waals surface area contributed by atoms with Crippen LogP contribution in [0, 0.1) is 0 Å². The lowest BCUT2D eigenvalue weighted by Crippen LogP contribution is -2.60. The summed E-state index contributed by atoms with van der Waals surface area (Å²) in [4.78, 5) is 0. The fraction of sp³-hybridized carbons (Fsp3) is 1.00. The van der Waals surface area contributed by atoms with Crippen LogP contribution in [0.15, 0.2) is 0 Å². The summed E-state index contributed by atoms with van der Waals surface area (Å²) in [7, 11) is 0. The van der Waals surface area contributed by atoms with Crippen LogP contribution in [-0.2, 0) is 4.74 Å². The van der Waals surface area contributed by atoms with Gasteiger partial charge in [0, 0.05) is 17.8 Å². The van der Waals surface area contributed by atoms with E-state index in [1.54, 1.807) is 0 Å². The third-order valence-corrected chi connectivity index (χ3v) is 5.19. The predicted octanol–water partition coefficient (Wildman–Crippen LogP) is 2.43. The molecule has 2 aliphatic heterocycles. The molecule has 15 heavy (non-hydrogen) atoms. The van der Waals surface area contributed by atoms with Gasteiger partial charge in [0.1, 0.15) is 0 Å². The van der Waals surface area contributed by atoms with Crippen molar-refractivity contribution in [2.75, 3.05) is 18.9 Å². The molecule has 2 nitrogen and oxygen atoms in total. The summed E-state index contributed by atoms with van der Waals surface area (Å²) < 4.78 is 6.17. The van der Waals surface area contributed by atoms with Crippen LogP contribution in [0.5, 0.6) is 0 Å². The second-order valence-electron chi connectivity index (χ2n) is 4.72. The monoisotopic (exact) mass is 229 g/mol. The maximum Gasteiger partial charge on any atom is 0.0958 e. The van der Waals surface area contributed by atoms with Crippen molar-refractivity contribution in [2.24, 2.45) is 0 Å². The fourth-order valence-electron chi connectivity index (χ4n) is 2.89. The van der Waals surface area contributed by atoms with Gasteiger partial charge in [-0.1, -0.05) is 26.7 Å². The normalized spacial score (nSPS) is 41.2. The molecule has 88 valence electrons. The van der Waals surface area contributed by atoms with Gasteiger partial charge < -0.3 is 10.1 Å². The third-order valence-electron chi connectivity index (χ3n) is 3.85. The zero-order valence-electron chi connectivity index (χ0n) is 9.92. The molecule has 1 spiro atoms. The topological polar surface area (TPSA) is 21.3 Å². The molecule has 1 N–H and O–H groups in total. The lowest BCUT2D eigenvalue weighted by molar-refractivity contribution is -0.0945. The number of hydrogen-bond donors (Lipinski definition) is 1. The van der Waals surface area contributed by atoms with E-state index in [2.05, 4.69) is 30.9 Å². The summed E-state index contributed by atoms with van der Waals surface area (Å²) in [5.74, 6) is 1.27. The first-order valence-electron chi connectivity index (χ1n) is 6.28. The number of ether oxygens (including phenoxy) is 1. The van der Waals surface area contributed by atoms with Crippen LogP contribution in [0.4, 0.5) is 0 Å². The SMILES string of the molecule is CCCCC1NCCOC12CCSC2C. The molecule has 2 saturated heterocycles. The van der Waals surface area contributed by atoms with Gasteiger partial charge in [0.25, 0.3) is 0 Å². The van der Waals surface area contributed by atoms with Gasteiger partial charge in [-0.05, 0) is 18.6 Å². The highest BCUT2D eigenvalue weighted by Crippen LogP contribution is 2.43. The highest BCUT2D eigenvalue weighted by atomic mass is 32.2. The van der Waals surface area contributed by atoms with Crippen molar-refractivity contribution in [3.8, 4) is 0 Å². The van der Waals surface area contributed by atoms with Crippen molar-refractivity contribution in [2.45, 2.75) is 56.4 Å². The quantitative estimate of drug-likeness (QED) is 0.803. The molecule has 0 aliphatic carbocycles. The van der Waals surface area contributed by atoms with Crippen LogP contribution in [0.25, 0.3) is 0 Å². The van der Waals surface area contributed by atoms with Crippen molar-refractivity contribution < 1.29 is 4.74 Å². The molecule has 2 heterocycles. The van der Waals surface area contributed by atoms with Crippen molar-refractivity contribution in [1.82, 2.24) is 5.32 Å². The molecular formula is C12H23NOS. The molecule has 0 saturated carbocycles. The van der Waals surface area contributed by atoms with Crippen LogP contribution in [0.1, 0.15) is 39.5 Å². The second kappa shape index (κ2) is 5.07. The first-order chi connectivity index (χ1) is 7.29. The van der Waals surface area contributed by atoms with E-state index in [1.165, 1.54) is 31.4 Å². The van der Waals surface area contributed by atoms with Gasteiger partial charge in [0.2, 0.25) is 0 Å². The minimum absolute atomic E-state index is 0.151. The average Bonchev–Trinajstić information content (AvgIpc) is 2.60. The minimum Gasteiger partial charge on any atom is -0.371 e. The molecule has 3 atom stereocenters. The van der Waals surface area contributed by atoms with E-state index >= 15 is 0 Å². The Morgan fingerprint density at radius 3 is 3.07 bits per heavy atom. The lowest BCUT2D eigenvalue weighted by Gasteiger charge is -2.44. The Morgan fingerprint density at radius 2 is 2.40 bits per heavy atom. The zero-order valence-corrected chi connectivity index (χ0v) is 10.7. The number of unbranched alkanes of at least 4 members (excludes halogenated alkanes) is 1. The van der Waals surface area contributed by atoms with Crippen molar-refractivity contribution in [3.05, 3.63) is 0 Å². The molecule has 2 fully saturated rings. The Morgan fingerprint density at radius 1 is 1.53 bits per heavy atom. The molecule has 0 aromatic carbocycles. The van der Waals surface area contributed by atoms with Gasteiger partial charge in [-0.2, -0.15) is 11.8 Å². The Bertz CT molecular complexity index is 212. The molecular weight excluding hydrogens is 206 g/mol. The van der Waals surface area contributed by atoms with Crippen molar-refractivity contribution in [1.29, 1.82) is 0 Å². The molecule has 2 rings (SSSR count). The third kappa shape index (κ3) is 2.20. The fourth-order valence-corrected chi connectivity index (χ4v) is 4.31. The Balaban J connectivity index is 2.04. The van der Waals surface area contributed by atoms with E-state index in [9.17, 15) is 0 Å². The van der Waals surface area contributed by atoms with Crippen LogP contribution in [-0.4, -0.2) is 35.8 Å². The van der Waals surface area contributed by atoms with Crippen LogP contribution >= 0.6 is 11.8 Å². The van der Waals surface area contributed by atoms with E-state index < -0.39 is 0 Å². The Kier molecular flexibility index (Phi) is 3.97. The largest absolute Gasteiger partial charge is 0.371 e. The summed E-state index contributed by atoms with van der Waals surface area (Å²) in [6.45, 7) is 6.54. The Labute approximate surface area is 97.5 Å². The van der Waals surface area contributed by atoms with E-state index in [0.29, 0.717) is 11.3 Å². The number of rotatable bonds is 3. The molecule has 0 aromatic heterocycles. The summed E-state index contributed by atoms with van der Waals surface area (Å²) in [5.41, 5.74) is 0.151. The Hall–Kier alpha value is 0.270. The lowest BCUT2D eigenvalue weighted by atomic mass is 9.84. The summed E-state index contributed by atoms with van der Waals surface area (Å²) in [6, 6.07) is 0.594. The predicted molar refractivity (Wildman–Crippen MR) is 66.5 cm³/mol. The van der Waals surface area contributed by atoms with Crippen LogP contribution in [0.3, 0.4) is 0 Å². The zero-order chi connectivity index (χ0) is 10.7. The van der Waals surface area contributed by atoms with Crippen molar-refractivity contribution in [3.63, 3.8) is 0 Å². The molecule has 0 bridgehead atoms. The molecule has 3 heteroatoms. The highest BCUT2D eigenvalue weighted by molar-refractivity contribution is 8.00. The first kappa shape index (κ1) is 11.7. The molecule has 0 radical (unpaired) electrons. The van der Waals surface area contributed by atoms with E-state index in [1.807, 2.05) is 0 Å². The van der Waals surface area contributed by atoms with Gasteiger partial charge in [-0.3, -0.25) is 0 Å². The summed E-state index contributed by atoms with van der Waals surface area (Å²) in [5, 5.41) is 4.34. The number of nitrogens with one attached hydrogen (secondary N) is 1. The maximum atomic E-state index is 6.17. The summed E-state index contributed by atoms with van der Waals surface area (Å²) in [6.07, 6.45) is 5.12. The standard InChI is InChI=1S/C12H23NOS/c1-3-4-5-11-12(14-8-7-13-11)6-9-15-10(12)2/h10-11,13H,3-9H2,1-2H3. The molecule has 0 amide bonds. The number of morpholine rings is 1. The molecule has 0 aromatic rings.